The van der Waals surface area contributed by atoms with Crippen LogP contribution in [0.25, 0.3) is 0 Å². The zero-order valence-corrected chi connectivity index (χ0v) is 12.0. The molecule has 1 heterocycles. The number of aryl methyl sites for hydroxylation is 2. The molecule has 0 unspecified atom stereocenters. The van der Waals surface area contributed by atoms with E-state index in [0.29, 0.717) is 0 Å². The molecular weight excluding hydrogens is 232 g/mol. The van der Waals surface area contributed by atoms with Crippen molar-refractivity contribution in [2.24, 2.45) is 0 Å². The van der Waals surface area contributed by atoms with Gasteiger partial charge in [-0.2, -0.15) is 0 Å². The predicted octanol–water partition coefficient (Wildman–Crippen LogP) is 3.26. The molecule has 2 rings (SSSR count). The Morgan fingerprint density at radius 1 is 1.11 bits per heavy atom. The second kappa shape index (κ2) is 6.48. The number of nitrogens with one attached hydrogen (secondary N) is 1. The maximum atomic E-state index is 4.53. The SMILES string of the molecule is CCc1ccc(Cc2ccc(CNC)cc2C)nc1. The first kappa shape index (κ1) is 13.8. The molecule has 0 radical (unpaired) electrons. The van der Waals surface area contributed by atoms with Crippen LogP contribution in [0.15, 0.2) is 36.5 Å². The molecule has 2 heteroatoms. The normalized spacial score (nSPS) is 10.7. The molecule has 1 aromatic heterocycles. The molecule has 100 valence electrons. The second-order valence-corrected chi connectivity index (χ2v) is 4.98. The van der Waals surface area contributed by atoms with E-state index in [0.717, 1.165) is 25.1 Å². The molecule has 2 nitrogen and oxygen atoms in total. The van der Waals surface area contributed by atoms with Gasteiger partial charge in [0.2, 0.25) is 0 Å². The van der Waals surface area contributed by atoms with E-state index in [2.05, 4.69) is 54.5 Å². The molecule has 0 spiro atoms. The first-order chi connectivity index (χ1) is 9.22. The molecule has 1 N–H and O–H groups in total. The Hall–Kier alpha value is -1.67. The van der Waals surface area contributed by atoms with E-state index in [1.165, 1.54) is 22.3 Å². The first-order valence-corrected chi connectivity index (χ1v) is 6.89. The molecule has 0 atom stereocenters. The van der Waals surface area contributed by atoms with E-state index >= 15 is 0 Å². The van der Waals surface area contributed by atoms with Gasteiger partial charge in [0.25, 0.3) is 0 Å². The van der Waals surface area contributed by atoms with Crippen LogP contribution in [-0.2, 0) is 19.4 Å². The van der Waals surface area contributed by atoms with Crippen molar-refractivity contribution in [1.82, 2.24) is 10.3 Å². The van der Waals surface area contributed by atoms with E-state index in [1.807, 2.05) is 13.2 Å². The topological polar surface area (TPSA) is 24.9 Å². The van der Waals surface area contributed by atoms with Crippen molar-refractivity contribution in [3.05, 3.63) is 64.5 Å². The molecule has 19 heavy (non-hydrogen) atoms. The summed E-state index contributed by atoms with van der Waals surface area (Å²) in [5, 5.41) is 3.18. The minimum atomic E-state index is 0.912. The smallest absolute Gasteiger partial charge is 0.0447 e. The number of hydrogen-bond donors (Lipinski definition) is 1. The van der Waals surface area contributed by atoms with Crippen LogP contribution in [0.1, 0.15) is 34.9 Å². The Morgan fingerprint density at radius 2 is 1.89 bits per heavy atom. The van der Waals surface area contributed by atoms with Crippen LogP contribution in [0.4, 0.5) is 0 Å². The summed E-state index contributed by atoms with van der Waals surface area (Å²) in [4.78, 5) is 4.53. The molecule has 0 fully saturated rings. The summed E-state index contributed by atoms with van der Waals surface area (Å²) in [6.45, 7) is 5.25. The highest BCUT2D eigenvalue weighted by molar-refractivity contribution is 5.34. The third-order valence-corrected chi connectivity index (χ3v) is 3.45. The molecule has 0 aliphatic carbocycles. The maximum Gasteiger partial charge on any atom is 0.0447 e. The molecule has 0 aliphatic rings. The van der Waals surface area contributed by atoms with Crippen LogP contribution in [-0.4, -0.2) is 12.0 Å². The fraction of sp³-hybridized carbons (Fsp3) is 0.353. The Balaban J connectivity index is 2.13. The summed E-state index contributed by atoms with van der Waals surface area (Å²) < 4.78 is 0. The summed E-state index contributed by atoms with van der Waals surface area (Å²) in [6.07, 6.45) is 3.95. The lowest BCUT2D eigenvalue weighted by atomic mass is 10.0. The average molecular weight is 254 g/mol. The van der Waals surface area contributed by atoms with Gasteiger partial charge in [-0.05, 0) is 48.7 Å². The van der Waals surface area contributed by atoms with Crippen LogP contribution in [0.3, 0.4) is 0 Å². The lowest BCUT2D eigenvalue weighted by Gasteiger charge is -2.08. The number of rotatable bonds is 5. The van der Waals surface area contributed by atoms with Crippen LogP contribution < -0.4 is 5.32 Å². The molecule has 0 saturated heterocycles. The van der Waals surface area contributed by atoms with E-state index in [4.69, 9.17) is 0 Å². The zero-order valence-electron chi connectivity index (χ0n) is 12.0. The van der Waals surface area contributed by atoms with Crippen molar-refractivity contribution in [3.8, 4) is 0 Å². The van der Waals surface area contributed by atoms with E-state index < -0.39 is 0 Å². The highest BCUT2D eigenvalue weighted by Crippen LogP contribution is 2.15. The number of hydrogen-bond acceptors (Lipinski definition) is 2. The van der Waals surface area contributed by atoms with Gasteiger partial charge in [0.1, 0.15) is 0 Å². The standard InChI is InChI=1S/C17H22N2/c1-4-14-6-8-17(19-12-14)10-16-7-5-15(11-18-3)9-13(16)2/h5-9,12,18H,4,10-11H2,1-3H3. The van der Waals surface area contributed by atoms with Gasteiger partial charge in [-0.15, -0.1) is 0 Å². The molecule has 0 bridgehead atoms. The fourth-order valence-electron chi connectivity index (χ4n) is 2.23. The van der Waals surface area contributed by atoms with E-state index in [-0.39, 0.29) is 0 Å². The van der Waals surface area contributed by atoms with Gasteiger partial charge >= 0.3 is 0 Å². The van der Waals surface area contributed by atoms with Crippen LogP contribution in [0.5, 0.6) is 0 Å². The average Bonchev–Trinajstić information content (AvgIpc) is 2.43. The Kier molecular flexibility index (Phi) is 4.69. The molecule has 1 aromatic carbocycles. The summed E-state index contributed by atoms with van der Waals surface area (Å²) in [6, 6.07) is 11.0. The minimum absolute atomic E-state index is 0.912. The van der Waals surface area contributed by atoms with Crippen LogP contribution in [0.2, 0.25) is 0 Å². The summed E-state index contributed by atoms with van der Waals surface area (Å²) in [5.41, 5.74) is 6.47. The van der Waals surface area contributed by atoms with Gasteiger partial charge in [0, 0.05) is 24.9 Å². The molecular formula is C17H22N2. The molecule has 2 aromatic rings. The zero-order chi connectivity index (χ0) is 13.7. The van der Waals surface area contributed by atoms with Gasteiger partial charge in [-0.3, -0.25) is 4.98 Å². The summed E-state index contributed by atoms with van der Waals surface area (Å²) in [7, 11) is 1.97. The third kappa shape index (κ3) is 3.65. The van der Waals surface area contributed by atoms with Gasteiger partial charge < -0.3 is 5.32 Å². The monoisotopic (exact) mass is 254 g/mol. The molecule has 0 saturated carbocycles. The first-order valence-electron chi connectivity index (χ1n) is 6.89. The van der Waals surface area contributed by atoms with Gasteiger partial charge in [0.15, 0.2) is 0 Å². The van der Waals surface area contributed by atoms with E-state index in [1.54, 1.807) is 0 Å². The lowest BCUT2D eigenvalue weighted by molar-refractivity contribution is 0.816. The third-order valence-electron chi connectivity index (χ3n) is 3.45. The van der Waals surface area contributed by atoms with Crippen molar-refractivity contribution in [2.45, 2.75) is 33.2 Å². The van der Waals surface area contributed by atoms with E-state index in [9.17, 15) is 0 Å². The summed E-state index contributed by atoms with van der Waals surface area (Å²) in [5.74, 6) is 0. The minimum Gasteiger partial charge on any atom is -0.316 e. The number of aromatic nitrogens is 1. The fourth-order valence-corrected chi connectivity index (χ4v) is 2.23. The second-order valence-electron chi connectivity index (χ2n) is 4.98. The maximum absolute atomic E-state index is 4.53. The van der Waals surface area contributed by atoms with Crippen molar-refractivity contribution < 1.29 is 0 Å². The Morgan fingerprint density at radius 3 is 2.47 bits per heavy atom. The molecule has 0 amide bonds. The predicted molar refractivity (Wildman–Crippen MR) is 80.4 cm³/mol. The van der Waals surface area contributed by atoms with Crippen molar-refractivity contribution in [3.63, 3.8) is 0 Å². The van der Waals surface area contributed by atoms with Gasteiger partial charge in [0.05, 0.1) is 0 Å². The number of pyridine rings is 1. The van der Waals surface area contributed by atoms with Crippen molar-refractivity contribution in [2.75, 3.05) is 7.05 Å². The van der Waals surface area contributed by atoms with Crippen molar-refractivity contribution in [1.29, 1.82) is 0 Å². The Labute approximate surface area is 115 Å². The van der Waals surface area contributed by atoms with Crippen LogP contribution in [0, 0.1) is 6.92 Å². The van der Waals surface area contributed by atoms with Gasteiger partial charge in [-0.1, -0.05) is 31.2 Å². The lowest BCUT2D eigenvalue weighted by Crippen LogP contribution is -2.05. The highest BCUT2D eigenvalue weighted by Gasteiger charge is 2.03. The quantitative estimate of drug-likeness (QED) is 0.886. The highest BCUT2D eigenvalue weighted by atomic mass is 14.8. The largest absolute Gasteiger partial charge is 0.316 e. The Bertz CT molecular complexity index is 529. The number of benzene rings is 1. The molecule has 0 aliphatic heterocycles. The van der Waals surface area contributed by atoms with Crippen molar-refractivity contribution >= 4 is 0 Å². The number of nitrogens with zero attached hydrogens (tertiary/aromatic N) is 1. The van der Waals surface area contributed by atoms with Gasteiger partial charge in [-0.25, -0.2) is 0 Å². The summed E-state index contributed by atoms with van der Waals surface area (Å²) >= 11 is 0. The van der Waals surface area contributed by atoms with Crippen LogP contribution >= 0.6 is 0 Å².